The molecule has 0 unspecified atom stereocenters. The van der Waals surface area contributed by atoms with Crippen molar-refractivity contribution >= 4 is 15.9 Å². The maximum atomic E-state index is 5.79. The molecule has 0 heterocycles. The molecule has 0 saturated heterocycles. The number of hydrogen-bond acceptors (Lipinski definition) is 1. The average Bonchev–Trinajstić information content (AvgIpc) is 2.35. The SMILES string of the molecule is C=C/C(C)=C(\C=C/C)OCc1ccccc1Br. The summed E-state index contributed by atoms with van der Waals surface area (Å²) in [5.41, 5.74) is 2.17. The Morgan fingerprint density at radius 2 is 2.12 bits per heavy atom. The van der Waals surface area contributed by atoms with Crippen LogP contribution in [0.2, 0.25) is 0 Å². The molecule has 0 aliphatic rings. The summed E-state index contributed by atoms with van der Waals surface area (Å²) in [5.74, 6) is 0.859. The van der Waals surface area contributed by atoms with E-state index >= 15 is 0 Å². The first kappa shape index (κ1) is 13.8. The summed E-state index contributed by atoms with van der Waals surface area (Å²) in [7, 11) is 0. The summed E-state index contributed by atoms with van der Waals surface area (Å²) in [6.45, 7) is 8.26. The van der Waals surface area contributed by atoms with Crippen LogP contribution in [0.4, 0.5) is 0 Å². The van der Waals surface area contributed by atoms with E-state index in [1.807, 2.05) is 50.3 Å². The van der Waals surface area contributed by atoms with Crippen molar-refractivity contribution < 1.29 is 4.74 Å². The Labute approximate surface area is 112 Å². The highest BCUT2D eigenvalue weighted by Gasteiger charge is 2.01. The first-order chi connectivity index (χ1) is 8.19. The van der Waals surface area contributed by atoms with Crippen LogP contribution in [0.3, 0.4) is 0 Å². The monoisotopic (exact) mass is 292 g/mol. The largest absolute Gasteiger partial charge is 0.489 e. The van der Waals surface area contributed by atoms with Crippen molar-refractivity contribution in [1.82, 2.24) is 0 Å². The smallest absolute Gasteiger partial charge is 0.122 e. The zero-order chi connectivity index (χ0) is 12.7. The minimum absolute atomic E-state index is 0.548. The minimum Gasteiger partial charge on any atom is -0.489 e. The van der Waals surface area contributed by atoms with Gasteiger partial charge in [0, 0.05) is 10.0 Å². The van der Waals surface area contributed by atoms with E-state index < -0.39 is 0 Å². The van der Waals surface area contributed by atoms with Crippen molar-refractivity contribution in [3.63, 3.8) is 0 Å². The molecule has 0 N–H and O–H groups in total. The quantitative estimate of drug-likeness (QED) is 0.548. The van der Waals surface area contributed by atoms with Gasteiger partial charge in [0.15, 0.2) is 0 Å². The highest BCUT2D eigenvalue weighted by molar-refractivity contribution is 9.10. The fourth-order valence-electron chi connectivity index (χ4n) is 1.32. The predicted molar refractivity (Wildman–Crippen MR) is 76.6 cm³/mol. The van der Waals surface area contributed by atoms with Crippen molar-refractivity contribution in [1.29, 1.82) is 0 Å². The second kappa shape index (κ2) is 7.13. The second-order valence-electron chi connectivity index (χ2n) is 3.63. The first-order valence-electron chi connectivity index (χ1n) is 5.51. The van der Waals surface area contributed by atoms with Gasteiger partial charge in [-0.15, -0.1) is 0 Å². The third kappa shape index (κ3) is 4.23. The van der Waals surface area contributed by atoms with Crippen LogP contribution in [0.15, 0.2) is 64.9 Å². The number of rotatable bonds is 5. The van der Waals surface area contributed by atoms with Gasteiger partial charge in [0.1, 0.15) is 12.4 Å². The summed E-state index contributed by atoms with van der Waals surface area (Å²) in [6.07, 6.45) is 5.71. The molecule has 1 aromatic carbocycles. The lowest BCUT2D eigenvalue weighted by Gasteiger charge is -2.10. The van der Waals surface area contributed by atoms with Gasteiger partial charge >= 0.3 is 0 Å². The average molecular weight is 293 g/mol. The predicted octanol–water partition coefficient (Wildman–Crippen LogP) is 5.00. The van der Waals surface area contributed by atoms with E-state index in [-0.39, 0.29) is 0 Å². The Bertz CT molecular complexity index is 444. The first-order valence-corrected chi connectivity index (χ1v) is 6.30. The van der Waals surface area contributed by atoms with Crippen LogP contribution in [0.25, 0.3) is 0 Å². The summed E-state index contributed by atoms with van der Waals surface area (Å²) < 4.78 is 6.86. The van der Waals surface area contributed by atoms with Crippen LogP contribution in [0.5, 0.6) is 0 Å². The Kier molecular flexibility index (Phi) is 5.78. The molecular weight excluding hydrogens is 276 g/mol. The van der Waals surface area contributed by atoms with E-state index in [1.165, 1.54) is 0 Å². The molecule has 0 aliphatic carbocycles. The number of hydrogen-bond donors (Lipinski definition) is 0. The van der Waals surface area contributed by atoms with E-state index in [1.54, 1.807) is 6.08 Å². The van der Waals surface area contributed by atoms with Gasteiger partial charge in [0.05, 0.1) is 0 Å². The molecule has 0 bridgehead atoms. The molecule has 17 heavy (non-hydrogen) atoms. The Balaban J connectivity index is 2.78. The lowest BCUT2D eigenvalue weighted by molar-refractivity contribution is 0.208. The molecule has 0 amide bonds. The summed E-state index contributed by atoms with van der Waals surface area (Å²) in [6, 6.07) is 8.05. The molecule has 0 fully saturated rings. The van der Waals surface area contributed by atoms with Crippen LogP contribution in [-0.2, 0) is 11.3 Å². The Morgan fingerprint density at radius 3 is 2.71 bits per heavy atom. The van der Waals surface area contributed by atoms with E-state index in [9.17, 15) is 0 Å². The van der Waals surface area contributed by atoms with Gasteiger partial charge in [-0.05, 0) is 31.6 Å². The maximum absolute atomic E-state index is 5.79. The van der Waals surface area contributed by atoms with Crippen molar-refractivity contribution in [3.05, 3.63) is 70.4 Å². The van der Waals surface area contributed by atoms with Gasteiger partial charge in [0.25, 0.3) is 0 Å². The number of halogens is 1. The van der Waals surface area contributed by atoms with Crippen LogP contribution < -0.4 is 0 Å². The van der Waals surface area contributed by atoms with Crippen molar-refractivity contribution in [2.24, 2.45) is 0 Å². The molecular formula is C15H17BrO. The number of allylic oxidation sites excluding steroid dienone is 4. The van der Waals surface area contributed by atoms with E-state index in [0.29, 0.717) is 6.61 Å². The molecule has 0 radical (unpaired) electrons. The highest BCUT2D eigenvalue weighted by Crippen LogP contribution is 2.19. The third-order valence-corrected chi connectivity index (χ3v) is 3.13. The fourth-order valence-corrected chi connectivity index (χ4v) is 1.72. The number of benzene rings is 1. The van der Waals surface area contributed by atoms with E-state index in [4.69, 9.17) is 4.74 Å². The fraction of sp³-hybridized carbons (Fsp3) is 0.200. The van der Waals surface area contributed by atoms with Crippen molar-refractivity contribution in [2.45, 2.75) is 20.5 Å². The zero-order valence-corrected chi connectivity index (χ0v) is 11.8. The summed E-state index contributed by atoms with van der Waals surface area (Å²) in [5, 5.41) is 0. The van der Waals surface area contributed by atoms with Gasteiger partial charge < -0.3 is 4.74 Å². The van der Waals surface area contributed by atoms with Crippen LogP contribution in [0.1, 0.15) is 19.4 Å². The van der Waals surface area contributed by atoms with Gasteiger partial charge in [-0.25, -0.2) is 0 Å². The molecule has 1 rings (SSSR count). The molecule has 0 atom stereocenters. The maximum Gasteiger partial charge on any atom is 0.122 e. The van der Waals surface area contributed by atoms with Gasteiger partial charge in [-0.3, -0.25) is 0 Å². The molecule has 1 nitrogen and oxygen atoms in total. The lowest BCUT2D eigenvalue weighted by atomic mass is 10.2. The van der Waals surface area contributed by atoms with Crippen LogP contribution >= 0.6 is 15.9 Å². The Hall–Kier alpha value is -1.28. The third-order valence-electron chi connectivity index (χ3n) is 2.35. The van der Waals surface area contributed by atoms with Gasteiger partial charge in [0.2, 0.25) is 0 Å². The molecule has 0 saturated carbocycles. The van der Waals surface area contributed by atoms with E-state index in [0.717, 1.165) is 21.4 Å². The van der Waals surface area contributed by atoms with Crippen molar-refractivity contribution in [3.8, 4) is 0 Å². The second-order valence-corrected chi connectivity index (χ2v) is 4.49. The summed E-state index contributed by atoms with van der Waals surface area (Å²) >= 11 is 3.51. The normalized spacial score (nSPS) is 12.4. The molecule has 0 aliphatic heterocycles. The van der Waals surface area contributed by atoms with E-state index in [2.05, 4.69) is 22.5 Å². The molecule has 2 heteroatoms. The van der Waals surface area contributed by atoms with Gasteiger partial charge in [-0.1, -0.05) is 52.9 Å². The van der Waals surface area contributed by atoms with Crippen LogP contribution in [0, 0.1) is 0 Å². The topological polar surface area (TPSA) is 9.23 Å². The zero-order valence-electron chi connectivity index (χ0n) is 10.2. The number of ether oxygens (including phenoxy) is 1. The molecule has 0 spiro atoms. The molecule has 1 aromatic rings. The van der Waals surface area contributed by atoms with Crippen molar-refractivity contribution in [2.75, 3.05) is 0 Å². The minimum atomic E-state index is 0.548. The lowest BCUT2D eigenvalue weighted by Crippen LogP contribution is -1.95. The Morgan fingerprint density at radius 1 is 1.41 bits per heavy atom. The summed E-state index contributed by atoms with van der Waals surface area (Å²) in [4.78, 5) is 0. The highest BCUT2D eigenvalue weighted by atomic mass is 79.9. The van der Waals surface area contributed by atoms with Crippen LogP contribution in [-0.4, -0.2) is 0 Å². The van der Waals surface area contributed by atoms with Gasteiger partial charge in [-0.2, -0.15) is 0 Å². The standard InChI is InChI=1S/C15H17BrO/c1-4-8-15(12(3)5-2)17-11-13-9-6-7-10-14(13)16/h4-10H,2,11H2,1,3H3/b8-4-,15-12+. The molecule has 90 valence electrons. The molecule has 0 aromatic heterocycles.